The summed E-state index contributed by atoms with van der Waals surface area (Å²) in [5.41, 5.74) is 0.203. The summed E-state index contributed by atoms with van der Waals surface area (Å²) in [5.74, 6) is -0.734. The fourth-order valence-corrected chi connectivity index (χ4v) is 2.40. The highest BCUT2D eigenvalue weighted by Gasteiger charge is 2.10. The fourth-order valence-electron chi connectivity index (χ4n) is 1.22. The van der Waals surface area contributed by atoms with E-state index in [2.05, 4.69) is 21.2 Å². The number of carboxylic acids is 1. The van der Waals surface area contributed by atoms with E-state index in [4.69, 9.17) is 5.11 Å². The van der Waals surface area contributed by atoms with Gasteiger partial charge in [-0.1, -0.05) is 6.92 Å². The topological polar surface area (TPSA) is 66.4 Å². The highest BCUT2D eigenvalue weighted by atomic mass is 79.9. The van der Waals surface area contributed by atoms with Crippen molar-refractivity contribution in [3.8, 4) is 0 Å². The lowest BCUT2D eigenvalue weighted by molar-refractivity contribution is -0.118. The minimum Gasteiger partial charge on any atom is -0.478 e. The zero-order chi connectivity index (χ0) is 13.5. The molecule has 0 heterocycles. The Hall–Kier alpha value is -1.01. The van der Waals surface area contributed by atoms with Crippen LogP contribution in [0.2, 0.25) is 0 Å². The standard InChI is InChI=1S/C12H14BrNO3S/c1-2-5-14-11(15)7-18-8-3-4-10(13)9(6-8)12(16)17/h3-4,6H,2,5,7H2,1H3,(H,14,15)(H,16,17). The second-order valence-electron chi connectivity index (χ2n) is 3.59. The van der Waals surface area contributed by atoms with Gasteiger partial charge in [0.15, 0.2) is 0 Å². The van der Waals surface area contributed by atoms with Gasteiger partial charge in [0, 0.05) is 15.9 Å². The second kappa shape index (κ2) is 7.43. The predicted molar refractivity (Wildman–Crippen MR) is 75.1 cm³/mol. The molecule has 18 heavy (non-hydrogen) atoms. The smallest absolute Gasteiger partial charge is 0.336 e. The van der Waals surface area contributed by atoms with Crippen LogP contribution in [0, 0.1) is 0 Å². The third-order valence-corrected chi connectivity index (χ3v) is 3.80. The largest absolute Gasteiger partial charge is 0.478 e. The first-order chi connectivity index (χ1) is 8.54. The number of amides is 1. The van der Waals surface area contributed by atoms with Crippen molar-refractivity contribution in [2.24, 2.45) is 0 Å². The van der Waals surface area contributed by atoms with Crippen molar-refractivity contribution in [3.63, 3.8) is 0 Å². The molecule has 0 bridgehead atoms. The van der Waals surface area contributed by atoms with Crippen LogP contribution in [0.5, 0.6) is 0 Å². The summed E-state index contributed by atoms with van der Waals surface area (Å²) in [6.07, 6.45) is 0.901. The molecule has 0 fully saturated rings. The van der Waals surface area contributed by atoms with E-state index in [-0.39, 0.29) is 11.5 Å². The zero-order valence-electron chi connectivity index (χ0n) is 9.90. The number of carbonyl (C=O) groups is 2. The summed E-state index contributed by atoms with van der Waals surface area (Å²) in [7, 11) is 0. The number of carbonyl (C=O) groups excluding carboxylic acids is 1. The van der Waals surface area contributed by atoms with E-state index in [0.717, 1.165) is 11.3 Å². The Labute approximate surface area is 118 Å². The van der Waals surface area contributed by atoms with E-state index in [9.17, 15) is 9.59 Å². The molecule has 1 aromatic carbocycles. The number of rotatable bonds is 6. The third kappa shape index (κ3) is 4.70. The maximum atomic E-state index is 11.4. The molecule has 0 spiro atoms. The molecule has 6 heteroatoms. The van der Waals surface area contributed by atoms with Crippen molar-refractivity contribution in [1.82, 2.24) is 5.32 Å². The molecular formula is C12H14BrNO3S. The van der Waals surface area contributed by atoms with Gasteiger partial charge in [-0.25, -0.2) is 4.79 Å². The Balaban J connectivity index is 2.60. The number of hydrogen-bond acceptors (Lipinski definition) is 3. The quantitative estimate of drug-likeness (QED) is 0.786. The summed E-state index contributed by atoms with van der Waals surface area (Å²) in [5, 5.41) is 11.7. The van der Waals surface area contributed by atoms with Gasteiger partial charge < -0.3 is 10.4 Å². The molecule has 0 aliphatic heterocycles. The third-order valence-electron chi connectivity index (χ3n) is 2.11. The van der Waals surface area contributed by atoms with E-state index < -0.39 is 5.97 Å². The lowest BCUT2D eigenvalue weighted by Crippen LogP contribution is -2.25. The molecular weight excluding hydrogens is 318 g/mol. The van der Waals surface area contributed by atoms with Gasteiger partial charge in [-0.05, 0) is 40.5 Å². The van der Waals surface area contributed by atoms with Crippen LogP contribution in [0.15, 0.2) is 27.6 Å². The first-order valence-electron chi connectivity index (χ1n) is 5.47. The van der Waals surface area contributed by atoms with E-state index >= 15 is 0 Å². The molecule has 0 unspecified atom stereocenters. The Bertz CT molecular complexity index is 451. The van der Waals surface area contributed by atoms with Crippen LogP contribution in [0.25, 0.3) is 0 Å². The Morgan fingerprint density at radius 3 is 2.78 bits per heavy atom. The number of thioether (sulfide) groups is 1. The molecule has 0 saturated heterocycles. The lowest BCUT2D eigenvalue weighted by atomic mass is 10.2. The van der Waals surface area contributed by atoms with Crippen molar-refractivity contribution >= 4 is 39.6 Å². The predicted octanol–water partition coefficient (Wildman–Crippen LogP) is 2.77. The number of aromatic carboxylic acids is 1. The fraction of sp³-hybridized carbons (Fsp3) is 0.333. The monoisotopic (exact) mass is 331 g/mol. The van der Waals surface area contributed by atoms with Crippen LogP contribution in [0.1, 0.15) is 23.7 Å². The van der Waals surface area contributed by atoms with Crippen LogP contribution in [0.3, 0.4) is 0 Å². The molecule has 0 saturated carbocycles. The summed E-state index contributed by atoms with van der Waals surface area (Å²) in [6.45, 7) is 2.65. The van der Waals surface area contributed by atoms with Gasteiger partial charge in [-0.3, -0.25) is 4.79 Å². The van der Waals surface area contributed by atoms with Crippen LogP contribution < -0.4 is 5.32 Å². The maximum Gasteiger partial charge on any atom is 0.336 e. The minimum absolute atomic E-state index is 0.0401. The van der Waals surface area contributed by atoms with Crippen LogP contribution in [-0.2, 0) is 4.79 Å². The second-order valence-corrected chi connectivity index (χ2v) is 5.49. The van der Waals surface area contributed by atoms with Crippen molar-refractivity contribution in [1.29, 1.82) is 0 Å². The van der Waals surface area contributed by atoms with Crippen LogP contribution >= 0.6 is 27.7 Å². The summed E-state index contributed by atoms with van der Waals surface area (Å²) < 4.78 is 0.537. The number of nitrogens with one attached hydrogen (secondary N) is 1. The van der Waals surface area contributed by atoms with Crippen molar-refractivity contribution < 1.29 is 14.7 Å². The van der Waals surface area contributed by atoms with Crippen molar-refractivity contribution in [3.05, 3.63) is 28.2 Å². The average molecular weight is 332 g/mol. The number of carboxylic acid groups (broad SMARTS) is 1. The Kier molecular flexibility index (Phi) is 6.21. The highest BCUT2D eigenvalue weighted by Crippen LogP contribution is 2.24. The van der Waals surface area contributed by atoms with Gasteiger partial charge in [0.2, 0.25) is 5.91 Å². The highest BCUT2D eigenvalue weighted by molar-refractivity contribution is 9.10. The SMILES string of the molecule is CCCNC(=O)CSc1ccc(Br)c(C(=O)O)c1. The molecule has 0 aromatic heterocycles. The number of benzene rings is 1. The van der Waals surface area contributed by atoms with Crippen molar-refractivity contribution in [2.75, 3.05) is 12.3 Å². The summed E-state index contributed by atoms with van der Waals surface area (Å²) in [6, 6.07) is 5.02. The minimum atomic E-state index is -0.986. The molecule has 0 atom stereocenters. The first-order valence-corrected chi connectivity index (χ1v) is 7.24. The van der Waals surface area contributed by atoms with E-state index in [1.165, 1.54) is 11.8 Å². The molecule has 0 aliphatic carbocycles. The average Bonchev–Trinajstić information content (AvgIpc) is 2.35. The zero-order valence-corrected chi connectivity index (χ0v) is 12.3. The van der Waals surface area contributed by atoms with E-state index in [1.54, 1.807) is 18.2 Å². The Morgan fingerprint density at radius 1 is 1.44 bits per heavy atom. The van der Waals surface area contributed by atoms with Gasteiger partial charge in [0.1, 0.15) is 0 Å². The molecule has 2 N–H and O–H groups in total. The van der Waals surface area contributed by atoms with E-state index in [0.29, 0.717) is 16.8 Å². The van der Waals surface area contributed by atoms with Gasteiger partial charge in [0.25, 0.3) is 0 Å². The number of halogens is 1. The summed E-state index contributed by atoms with van der Waals surface area (Å²) >= 11 is 4.50. The van der Waals surface area contributed by atoms with E-state index in [1.807, 2.05) is 6.92 Å². The normalized spacial score (nSPS) is 10.1. The molecule has 1 aromatic rings. The molecule has 1 amide bonds. The van der Waals surface area contributed by atoms with Gasteiger partial charge >= 0.3 is 5.97 Å². The van der Waals surface area contributed by atoms with Gasteiger partial charge in [0.05, 0.1) is 11.3 Å². The van der Waals surface area contributed by atoms with Crippen LogP contribution in [-0.4, -0.2) is 29.3 Å². The summed E-state index contributed by atoms with van der Waals surface area (Å²) in [4.78, 5) is 23.1. The van der Waals surface area contributed by atoms with Gasteiger partial charge in [-0.15, -0.1) is 11.8 Å². The first kappa shape index (κ1) is 15.0. The van der Waals surface area contributed by atoms with Crippen molar-refractivity contribution in [2.45, 2.75) is 18.2 Å². The lowest BCUT2D eigenvalue weighted by Gasteiger charge is -2.05. The molecule has 0 aliphatic rings. The van der Waals surface area contributed by atoms with Gasteiger partial charge in [-0.2, -0.15) is 0 Å². The molecule has 98 valence electrons. The maximum absolute atomic E-state index is 11.4. The Morgan fingerprint density at radius 2 is 2.17 bits per heavy atom. The molecule has 1 rings (SSSR count). The van der Waals surface area contributed by atoms with Crippen LogP contribution in [0.4, 0.5) is 0 Å². The molecule has 4 nitrogen and oxygen atoms in total. The number of hydrogen-bond donors (Lipinski definition) is 2. The molecule has 0 radical (unpaired) electrons.